The first-order valence-corrected chi connectivity index (χ1v) is 4.29. The normalized spacial score (nSPS) is 16.6. The van der Waals surface area contributed by atoms with Crippen LogP contribution >= 0.6 is 0 Å². The van der Waals surface area contributed by atoms with Crippen molar-refractivity contribution in [2.45, 2.75) is 6.54 Å². The van der Waals surface area contributed by atoms with E-state index in [0.29, 0.717) is 6.54 Å². The maximum absolute atomic E-state index is 12.9. The highest BCUT2D eigenvalue weighted by molar-refractivity contribution is 5.53. The Morgan fingerprint density at radius 2 is 2.31 bits per heavy atom. The van der Waals surface area contributed by atoms with Crippen molar-refractivity contribution < 1.29 is 4.39 Å². The van der Waals surface area contributed by atoms with Crippen LogP contribution in [-0.4, -0.2) is 13.1 Å². The monoisotopic (exact) mass is 181 g/mol. The van der Waals surface area contributed by atoms with Crippen molar-refractivity contribution in [3.63, 3.8) is 0 Å². The zero-order valence-corrected chi connectivity index (χ0v) is 7.26. The maximum atomic E-state index is 12.9. The van der Waals surface area contributed by atoms with Crippen LogP contribution in [0.3, 0.4) is 0 Å². The highest BCUT2D eigenvalue weighted by Crippen LogP contribution is 2.20. The lowest BCUT2D eigenvalue weighted by Gasteiger charge is -2.17. The Hall–Kier alpha value is -1.13. The SMILES string of the molecule is NN1CCNCc2ccc(F)cc21. The highest BCUT2D eigenvalue weighted by Gasteiger charge is 2.12. The predicted octanol–water partition coefficient (Wildman–Crippen LogP) is 0.609. The zero-order valence-electron chi connectivity index (χ0n) is 7.26. The summed E-state index contributed by atoms with van der Waals surface area (Å²) in [4.78, 5) is 0. The van der Waals surface area contributed by atoms with E-state index in [9.17, 15) is 4.39 Å². The Morgan fingerprint density at radius 3 is 3.15 bits per heavy atom. The molecule has 13 heavy (non-hydrogen) atoms. The van der Waals surface area contributed by atoms with Crippen molar-refractivity contribution >= 4 is 5.69 Å². The summed E-state index contributed by atoms with van der Waals surface area (Å²) in [5, 5.41) is 4.79. The second kappa shape index (κ2) is 3.32. The molecule has 1 aromatic rings. The molecule has 0 saturated heterocycles. The molecule has 0 aliphatic carbocycles. The fraction of sp³-hybridized carbons (Fsp3) is 0.333. The van der Waals surface area contributed by atoms with Crippen LogP contribution in [0, 0.1) is 5.82 Å². The molecule has 0 fully saturated rings. The third-order valence-corrected chi connectivity index (χ3v) is 2.20. The van der Waals surface area contributed by atoms with Crippen molar-refractivity contribution in [1.82, 2.24) is 5.32 Å². The molecule has 70 valence electrons. The first kappa shape index (κ1) is 8.47. The number of hydrogen-bond donors (Lipinski definition) is 2. The van der Waals surface area contributed by atoms with E-state index in [1.807, 2.05) is 0 Å². The molecule has 1 heterocycles. The van der Waals surface area contributed by atoms with Gasteiger partial charge in [-0.3, -0.25) is 0 Å². The van der Waals surface area contributed by atoms with E-state index < -0.39 is 0 Å². The molecule has 4 heteroatoms. The van der Waals surface area contributed by atoms with Crippen molar-refractivity contribution in [1.29, 1.82) is 0 Å². The molecule has 3 nitrogen and oxygen atoms in total. The summed E-state index contributed by atoms with van der Waals surface area (Å²) in [5.41, 5.74) is 1.83. The van der Waals surface area contributed by atoms with Crippen LogP contribution in [0.5, 0.6) is 0 Å². The Kier molecular flexibility index (Phi) is 2.16. The summed E-state index contributed by atoms with van der Waals surface area (Å²) < 4.78 is 12.9. The summed E-state index contributed by atoms with van der Waals surface area (Å²) >= 11 is 0. The standard InChI is InChI=1S/C9H12FN3/c10-8-2-1-7-6-12-3-4-13(11)9(7)5-8/h1-2,5,12H,3-4,6,11H2. The van der Waals surface area contributed by atoms with Gasteiger partial charge >= 0.3 is 0 Å². The van der Waals surface area contributed by atoms with E-state index in [2.05, 4.69) is 5.32 Å². The number of rotatable bonds is 0. The van der Waals surface area contributed by atoms with Crippen LogP contribution < -0.4 is 16.2 Å². The summed E-state index contributed by atoms with van der Waals surface area (Å²) in [6, 6.07) is 4.70. The number of nitrogens with zero attached hydrogens (tertiary/aromatic N) is 1. The Balaban J connectivity index is 2.43. The van der Waals surface area contributed by atoms with Crippen LogP contribution in [0.1, 0.15) is 5.56 Å². The molecule has 0 spiro atoms. The van der Waals surface area contributed by atoms with E-state index in [0.717, 1.165) is 24.3 Å². The van der Waals surface area contributed by atoms with Crippen molar-refractivity contribution in [3.05, 3.63) is 29.6 Å². The Labute approximate surface area is 76.3 Å². The first-order valence-electron chi connectivity index (χ1n) is 4.29. The minimum atomic E-state index is -0.240. The molecule has 0 aromatic heterocycles. The van der Waals surface area contributed by atoms with E-state index in [4.69, 9.17) is 5.84 Å². The van der Waals surface area contributed by atoms with Gasteiger partial charge in [0.25, 0.3) is 0 Å². The molecule has 0 unspecified atom stereocenters. The number of hydrogen-bond acceptors (Lipinski definition) is 3. The molecule has 0 saturated carbocycles. The topological polar surface area (TPSA) is 41.3 Å². The third-order valence-electron chi connectivity index (χ3n) is 2.20. The minimum Gasteiger partial charge on any atom is -0.311 e. The van der Waals surface area contributed by atoms with Gasteiger partial charge in [-0.05, 0) is 17.7 Å². The zero-order chi connectivity index (χ0) is 9.26. The third kappa shape index (κ3) is 1.64. The van der Waals surface area contributed by atoms with Gasteiger partial charge in [0.05, 0.1) is 5.69 Å². The Morgan fingerprint density at radius 1 is 1.46 bits per heavy atom. The molecular formula is C9H12FN3. The van der Waals surface area contributed by atoms with Gasteiger partial charge in [-0.2, -0.15) is 0 Å². The number of halogens is 1. The van der Waals surface area contributed by atoms with Gasteiger partial charge in [0.2, 0.25) is 0 Å². The van der Waals surface area contributed by atoms with Gasteiger partial charge in [-0.1, -0.05) is 6.07 Å². The maximum Gasteiger partial charge on any atom is 0.125 e. The second-order valence-electron chi connectivity index (χ2n) is 3.14. The lowest BCUT2D eigenvalue weighted by Crippen LogP contribution is -2.34. The fourth-order valence-electron chi connectivity index (χ4n) is 1.50. The van der Waals surface area contributed by atoms with Crippen molar-refractivity contribution in [3.8, 4) is 0 Å². The molecular weight excluding hydrogens is 169 g/mol. The minimum absolute atomic E-state index is 0.240. The molecule has 0 atom stereocenters. The lowest BCUT2D eigenvalue weighted by molar-refractivity contribution is 0.626. The van der Waals surface area contributed by atoms with Crippen LogP contribution in [0.15, 0.2) is 18.2 Å². The second-order valence-corrected chi connectivity index (χ2v) is 3.14. The van der Waals surface area contributed by atoms with E-state index in [1.54, 1.807) is 11.1 Å². The van der Waals surface area contributed by atoms with E-state index >= 15 is 0 Å². The number of hydrazine groups is 1. The summed E-state index contributed by atoms with van der Waals surface area (Å²) in [5.74, 6) is 5.50. The van der Waals surface area contributed by atoms with Gasteiger partial charge < -0.3 is 10.3 Å². The molecule has 0 radical (unpaired) electrons. The van der Waals surface area contributed by atoms with E-state index in [1.165, 1.54) is 12.1 Å². The van der Waals surface area contributed by atoms with Crippen LogP contribution in [0.25, 0.3) is 0 Å². The number of fused-ring (bicyclic) bond motifs is 1. The molecule has 0 amide bonds. The summed E-state index contributed by atoms with van der Waals surface area (Å²) in [7, 11) is 0. The van der Waals surface area contributed by atoms with Gasteiger partial charge in [-0.25, -0.2) is 10.2 Å². The lowest BCUT2D eigenvalue weighted by atomic mass is 10.1. The van der Waals surface area contributed by atoms with Crippen LogP contribution in [0.4, 0.5) is 10.1 Å². The largest absolute Gasteiger partial charge is 0.311 e. The Bertz CT molecular complexity index is 314. The molecule has 0 bridgehead atoms. The van der Waals surface area contributed by atoms with Gasteiger partial charge in [0.15, 0.2) is 0 Å². The average molecular weight is 181 g/mol. The van der Waals surface area contributed by atoms with Crippen LogP contribution in [-0.2, 0) is 6.54 Å². The van der Waals surface area contributed by atoms with Crippen molar-refractivity contribution in [2.24, 2.45) is 5.84 Å². The summed E-state index contributed by atoms with van der Waals surface area (Å²) in [6.07, 6.45) is 0. The van der Waals surface area contributed by atoms with Gasteiger partial charge in [0, 0.05) is 19.6 Å². The highest BCUT2D eigenvalue weighted by atomic mass is 19.1. The number of nitrogens with one attached hydrogen (secondary N) is 1. The van der Waals surface area contributed by atoms with Gasteiger partial charge in [-0.15, -0.1) is 0 Å². The smallest absolute Gasteiger partial charge is 0.125 e. The van der Waals surface area contributed by atoms with Crippen LogP contribution in [0.2, 0.25) is 0 Å². The van der Waals surface area contributed by atoms with E-state index in [-0.39, 0.29) is 5.82 Å². The summed E-state index contributed by atoms with van der Waals surface area (Å²) in [6.45, 7) is 2.28. The molecule has 1 aliphatic heterocycles. The first-order chi connectivity index (χ1) is 6.27. The molecule has 3 N–H and O–H groups in total. The fourth-order valence-corrected chi connectivity index (χ4v) is 1.50. The number of benzene rings is 1. The number of nitrogens with two attached hydrogens (primary N) is 1. The quantitative estimate of drug-likeness (QED) is 0.576. The molecule has 1 aliphatic rings. The van der Waals surface area contributed by atoms with Gasteiger partial charge in [0.1, 0.15) is 5.82 Å². The molecule has 2 rings (SSSR count). The molecule has 1 aromatic carbocycles. The van der Waals surface area contributed by atoms with Crippen molar-refractivity contribution in [2.75, 3.05) is 18.1 Å². The number of anilines is 1. The average Bonchev–Trinajstić information content (AvgIpc) is 2.29. The predicted molar refractivity (Wildman–Crippen MR) is 49.6 cm³/mol.